The van der Waals surface area contributed by atoms with Gasteiger partial charge in [-0.3, -0.25) is 0 Å². The first-order valence-electron chi connectivity index (χ1n) is 8.75. The van der Waals surface area contributed by atoms with Gasteiger partial charge in [0.05, 0.1) is 17.2 Å². The van der Waals surface area contributed by atoms with Crippen molar-refractivity contribution in [3.05, 3.63) is 58.3 Å². The van der Waals surface area contributed by atoms with Crippen LogP contribution >= 0.6 is 12.2 Å². The SMILES string of the molecule is CCCc1cc2c(=S)c(-c3cc4ccccc4o3)c(C)oc2cc1OC. The molecule has 3 nitrogen and oxygen atoms in total. The van der Waals surface area contributed by atoms with E-state index in [-0.39, 0.29) is 0 Å². The Morgan fingerprint density at radius 1 is 1.04 bits per heavy atom. The minimum atomic E-state index is 0.740. The van der Waals surface area contributed by atoms with Crippen molar-refractivity contribution in [1.29, 1.82) is 0 Å². The number of furan rings is 1. The van der Waals surface area contributed by atoms with Crippen LogP contribution in [0.2, 0.25) is 0 Å². The van der Waals surface area contributed by atoms with E-state index in [4.69, 9.17) is 25.8 Å². The second-order valence-electron chi connectivity index (χ2n) is 6.42. The van der Waals surface area contributed by atoms with Crippen LogP contribution in [0.5, 0.6) is 5.75 Å². The van der Waals surface area contributed by atoms with Crippen molar-refractivity contribution in [1.82, 2.24) is 0 Å². The largest absolute Gasteiger partial charge is 0.496 e. The van der Waals surface area contributed by atoms with Crippen molar-refractivity contribution in [3.63, 3.8) is 0 Å². The quantitative estimate of drug-likeness (QED) is 0.371. The van der Waals surface area contributed by atoms with E-state index in [9.17, 15) is 0 Å². The van der Waals surface area contributed by atoms with Crippen molar-refractivity contribution in [2.24, 2.45) is 0 Å². The Morgan fingerprint density at radius 3 is 2.58 bits per heavy atom. The molecule has 0 aliphatic carbocycles. The van der Waals surface area contributed by atoms with Crippen LogP contribution in [0.4, 0.5) is 0 Å². The molecule has 4 rings (SSSR count). The summed E-state index contributed by atoms with van der Waals surface area (Å²) in [6.07, 6.45) is 1.97. The Balaban J connectivity index is 1.99. The molecule has 132 valence electrons. The maximum atomic E-state index is 6.09. The summed E-state index contributed by atoms with van der Waals surface area (Å²) in [6, 6.07) is 14.0. The molecule has 0 saturated carbocycles. The van der Waals surface area contributed by atoms with Crippen LogP contribution in [0.15, 0.2) is 51.3 Å². The van der Waals surface area contributed by atoms with E-state index in [0.29, 0.717) is 0 Å². The number of hydrogen-bond acceptors (Lipinski definition) is 4. The number of rotatable bonds is 4. The standard InChI is InChI=1S/C22H20O3S/c1-4-7-14-10-16-19(12-18(14)23-3)24-13(2)21(22(16)26)20-11-15-8-5-6-9-17(15)25-20/h5-6,8-12H,4,7H2,1-3H3. The van der Waals surface area contributed by atoms with Crippen LogP contribution in [0.1, 0.15) is 24.7 Å². The molecule has 0 unspecified atom stereocenters. The molecule has 26 heavy (non-hydrogen) atoms. The van der Waals surface area contributed by atoms with Gasteiger partial charge in [0.1, 0.15) is 28.4 Å². The van der Waals surface area contributed by atoms with Gasteiger partial charge in [-0.25, -0.2) is 0 Å². The molecule has 0 saturated heterocycles. The summed E-state index contributed by atoms with van der Waals surface area (Å²) in [6.45, 7) is 4.07. The second-order valence-corrected chi connectivity index (χ2v) is 6.83. The first kappa shape index (κ1) is 16.9. The van der Waals surface area contributed by atoms with Gasteiger partial charge < -0.3 is 13.6 Å². The first-order chi connectivity index (χ1) is 12.6. The molecule has 4 heteroatoms. The van der Waals surface area contributed by atoms with E-state index >= 15 is 0 Å². The van der Waals surface area contributed by atoms with Gasteiger partial charge in [-0.05, 0) is 37.1 Å². The predicted octanol–water partition coefficient (Wildman–Crippen LogP) is 6.85. The molecule has 2 heterocycles. The van der Waals surface area contributed by atoms with Gasteiger partial charge in [0.25, 0.3) is 0 Å². The summed E-state index contributed by atoms with van der Waals surface area (Å²) in [7, 11) is 1.69. The highest BCUT2D eigenvalue weighted by Crippen LogP contribution is 2.36. The molecule has 0 fully saturated rings. The molecule has 0 aliphatic rings. The summed E-state index contributed by atoms with van der Waals surface area (Å²) >= 11 is 5.83. The van der Waals surface area contributed by atoms with Crippen LogP contribution in [0.25, 0.3) is 33.3 Å². The molecule has 0 bridgehead atoms. The summed E-state index contributed by atoms with van der Waals surface area (Å²) < 4.78 is 18.4. The molecule has 2 aromatic carbocycles. The molecule has 0 spiro atoms. The first-order valence-corrected chi connectivity index (χ1v) is 9.16. The fourth-order valence-corrected chi connectivity index (χ4v) is 3.83. The molecule has 0 N–H and O–H groups in total. The lowest BCUT2D eigenvalue weighted by Crippen LogP contribution is -1.94. The fourth-order valence-electron chi connectivity index (χ4n) is 3.42. The normalized spacial score (nSPS) is 11.3. The molecular weight excluding hydrogens is 344 g/mol. The van der Waals surface area contributed by atoms with Gasteiger partial charge in [-0.2, -0.15) is 0 Å². The molecule has 0 amide bonds. The third-order valence-corrected chi connectivity index (χ3v) is 5.08. The average molecular weight is 364 g/mol. The van der Waals surface area contributed by atoms with E-state index in [1.165, 1.54) is 0 Å². The van der Waals surface area contributed by atoms with Crippen LogP contribution in [-0.4, -0.2) is 7.11 Å². The lowest BCUT2D eigenvalue weighted by atomic mass is 10.0. The van der Waals surface area contributed by atoms with E-state index in [1.54, 1.807) is 7.11 Å². The number of fused-ring (bicyclic) bond motifs is 2. The van der Waals surface area contributed by atoms with Gasteiger partial charge in [0.2, 0.25) is 0 Å². The highest BCUT2D eigenvalue weighted by Gasteiger charge is 2.17. The van der Waals surface area contributed by atoms with E-state index in [1.807, 2.05) is 43.3 Å². The Bertz CT molecular complexity index is 1130. The van der Waals surface area contributed by atoms with Crippen LogP contribution in [-0.2, 0) is 6.42 Å². The van der Waals surface area contributed by atoms with Crippen LogP contribution in [0, 0.1) is 11.4 Å². The summed E-state index contributed by atoms with van der Waals surface area (Å²) in [5.74, 6) is 2.33. The fraction of sp³-hybridized carbons (Fsp3) is 0.227. The van der Waals surface area contributed by atoms with Gasteiger partial charge in [0.15, 0.2) is 0 Å². The second kappa shape index (κ2) is 6.61. The Hall–Kier alpha value is -2.59. The van der Waals surface area contributed by atoms with Crippen molar-refractivity contribution >= 4 is 34.2 Å². The van der Waals surface area contributed by atoms with Crippen molar-refractivity contribution in [2.45, 2.75) is 26.7 Å². The van der Waals surface area contributed by atoms with Crippen molar-refractivity contribution in [2.75, 3.05) is 7.11 Å². The zero-order valence-electron chi connectivity index (χ0n) is 15.1. The highest BCUT2D eigenvalue weighted by molar-refractivity contribution is 7.71. The van der Waals surface area contributed by atoms with Gasteiger partial charge in [-0.1, -0.05) is 43.8 Å². The number of methoxy groups -OCH3 is 1. The molecule has 0 radical (unpaired) electrons. The van der Waals surface area contributed by atoms with Crippen molar-refractivity contribution in [3.8, 4) is 17.1 Å². The maximum absolute atomic E-state index is 6.09. The molecular formula is C22H20O3S. The zero-order valence-corrected chi connectivity index (χ0v) is 15.9. The minimum Gasteiger partial charge on any atom is -0.496 e. The highest BCUT2D eigenvalue weighted by atomic mass is 32.1. The van der Waals surface area contributed by atoms with Crippen molar-refractivity contribution < 1.29 is 13.6 Å². The number of para-hydroxylation sites is 1. The molecule has 0 atom stereocenters. The molecule has 2 aromatic heterocycles. The van der Waals surface area contributed by atoms with Gasteiger partial charge >= 0.3 is 0 Å². The maximum Gasteiger partial charge on any atom is 0.140 e. The summed E-state index contributed by atoms with van der Waals surface area (Å²) in [5.41, 5.74) is 3.57. The monoisotopic (exact) mass is 364 g/mol. The average Bonchev–Trinajstić information content (AvgIpc) is 3.05. The van der Waals surface area contributed by atoms with Gasteiger partial charge in [0, 0.05) is 16.8 Å². The van der Waals surface area contributed by atoms with Gasteiger partial charge in [-0.15, -0.1) is 0 Å². The number of ether oxygens (including phenoxy) is 1. The third kappa shape index (κ3) is 2.71. The Morgan fingerprint density at radius 2 is 1.85 bits per heavy atom. The van der Waals surface area contributed by atoms with Crippen LogP contribution in [0.3, 0.4) is 0 Å². The minimum absolute atomic E-state index is 0.740. The lowest BCUT2D eigenvalue weighted by molar-refractivity contribution is 0.408. The number of hydrogen-bond donors (Lipinski definition) is 0. The zero-order chi connectivity index (χ0) is 18.3. The lowest BCUT2D eigenvalue weighted by Gasteiger charge is -2.11. The molecule has 0 aliphatic heterocycles. The number of aryl methyl sites for hydroxylation is 2. The Kier molecular flexibility index (Phi) is 4.29. The third-order valence-electron chi connectivity index (χ3n) is 4.66. The smallest absolute Gasteiger partial charge is 0.140 e. The van der Waals surface area contributed by atoms with Crippen LogP contribution < -0.4 is 4.74 Å². The summed E-state index contributed by atoms with van der Waals surface area (Å²) in [4.78, 5) is 0. The van der Waals surface area contributed by atoms with E-state index < -0.39 is 0 Å². The topological polar surface area (TPSA) is 35.5 Å². The Labute approximate surface area is 157 Å². The number of benzene rings is 2. The van der Waals surface area contributed by atoms with E-state index in [0.717, 1.165) is 67.7 Å². The summed E-state index contributed by atoms with van der Waals surface area (Å²) in [5, 5.41) is 1.98. The van der Waals surface area contributed by atoms with E-state index in [2.05, 4.69) is 13.0 Å². The predicted molar refractivity (Wildman–Crippen MR) is 108 cm³/mol. The molecule has 4 aromatic rings.